The fraction of sp³-hybridized carbons (Fsp3) is 0.571. The van der Waals surface area contributed by atoms with E-state index in [4.69, 9.17) is 5.73 Å². The van der Waals surface area contributed by atoms with Crippen molar-refractivity contribution in [1.82, 2.24) is 0 Å². The Morgan fingerprint density at radius 2 is 2.12 bits per heavy atom. The Morgan fingerprint density at radius 3 is 2.82 bits per heavy atom. The number of hydrogen-bond acceptors (Lipinski definition) is 3. The van der Waals surface area contributed by atoms with E-state index in [0.717, 1.165) is 24.2 Å². The molecule has 0 aliphatic heterocycles. The summed E-state index contributed by atoms with van der Waals surface area (Å²) in [6.45, 7) is 2.33. The first-order chi connectivity index (χ1) is 8.22. The van der Waals surface area contributed by atoms with Gasteiger partial charge in [-0.25, -0.2) is 0 Å². The van der Waals surface area contributed by atoms with Crippen molar-refractivity contribution >= 4 is 11.4 Å². The van der Waals surface area contributed by atoms with Gasteiger partial charge in [0.1, 0.15) is 0 Å². The number of nitrogens with two attached hydrogens (primary N) is 1. The lowest BCUT2D eigenvalue weighted by atomic mass is 9.85. The smallest absolute Gasteiger partial charge is 0.0605 e. The van der Waals surface area contributed by atoms with Crippen LogP contribution >= 0.6 is 0 Å². The lowest BCUT2D eigenvalue weighted by molar-refractivity contribution is 0.178. The molecule has 1 aliphatic carbocycles. The van der Waals surface area contributed by atoms with E-state index in [1.165, 1.54) is 18.4 Å². The molecule has 1 fully saturated rings. The molecule has 0 heterocycles. The van der Waals surface area contributed by atoms with E-state index in [1.54, 1.807) is 0 Å². The second kappa shape index (κ2) is 5.41. The van der Waals surface area contributed by atoms with Crippen LogP contribution in [0.15, 0.2) is 18.2 Å². The first-order valence-electron chi connectivity index (χ1n) is 6.45. The summed E-state index contributed by atoms with van der Waals surface area (Å²) < 4.78 is 0. The molecule has 0 saturated heterocycles. The summed E-state index contributed by atoms with van der Waals surface area (Å²) in [6, 6.07) is 6.32. The first kappa shape index (κ1) is 12.2. The number of nitrogens with one attached hydrogen (secondary N) is 1. The zero-order valence-electron chi connectivity index (χ0n) is 10.4. The molecule has 94 valence electrons. The van der Waals surface area contributed by atoms with Crippen LogP contribution in [0.2, 0.25) is 0 Å². The molecule has 0 aromatic heterocycles. The molecule has 1 aromatic carbocycles. The van der Waals surface area contributed by atoms with Crippen LogP contribution in [0, 0.1) is 12.8 Å². The van der Waals surface area contributed by atoms with Gasteiger partial charge in [0.2, 0.25) is 0 Å². The van der Waals surface area contributed by atoms with E-state index in [1.807, 2.05) is 12.1 Å². The molecule has 2 rings (SSSR count). The average molecular weight is 234 g/mol. The molecular formula is C14H22N2O. The largest absolute Gasteiger partial charge is 0.397 e. The zero-order chi connectivity index (χ0) is 12.3. The topological polar surface area (TPSA) is 58.3 Å². The van der Waals surface area contributed by atoms with Gasteiger partial charge >= 0.3 is 0 Å². The molecule has 0 radical (unpaired) electrons. The third-order valence-electron chi connectivity index (χ3n) is 3.78. The highest BCUT2D eigenvalue weighted by Crippen LogP contribution is 2.30. The van der Waals surface area contributed by atoms with Crippen LogP contribution < -0.4 is 11.1 Å². The van der Waals surface area contributed by atoms with E-state index in [-0.39, 0.29) is 6.61 Å². The Kier molecular flexibility index (Phi) is 3.89. The van der Waals surface area contributed by atoms with Crippen molar-refractivity contribution in [3.63, 3.8) is 0 Å². The van der Waals surface area contributed by atoms with E-state index in [0.29, 0.717) is 12.0 Å². The van der Waals surface area contributed by atoms with Gasteiger partial charge in [-0.1, -0.05) is 25.0 Å². The van der Waals surface area contributed by atoms with Crippen molar-refractivity contribution in [3.05, 3.63) is 23.8 Å². The standard InChI is InChI=1S/C14H22N2O/c1-10-5-4-7-12(15)14(10)16-13-8-3-2-6-11(13)9-17/h4-5,7,11,13,16-17H,2-3,6,8-9,15H2,1H3. The molecule has 1 saturated carbocycles. The van der Waals surface area contributed by atoms with Gasteiger partial charge in [0.25, 0.3) is 0 Å². The molecule has 0 amide bonds. The summed E-state index contributed by atoms with van der Waals surface area (Å²) in [5, 5.41) is 12.9. The second-order valence-electron chi connectivity index (χ2n) is 5.02. The molecular weight excluding hydrogens is 212 g/mol. The Hall–Kier alpha value is -1.22. The van der Waals surface area contributed by atoms with E-state index >= 15 is 0 Å². The van der Waals surface area contributed by atoms with Crippen LogP contribution in [0.5, 0.6) is 0 Å². The number of aryl methyl sites for hydroxylation is 1. The van der Waals surface area contributed by atoms with Crippen molar-refractivity contribution in [1.29, 1.82) is 0 Å². The van der Waals surface area contributed by atoms with Crippen LogP contribution in [0.1, 0.15) is 31.2 Å². The molecule has 0 bridgehead atoms. The fourth-order valence-electron chi connectivity index (χ4n) is 2.69. The zero-order valence-corrected chi connectivity index (χ0v) is 10.4. The first-order valence-corrected chi connectivity index (χ1v) is 6.45. The van der Waals surface area contributed by atoms with E-state index in [9.17, 15) is 5.11 Å². The summed E-state index contributed by atoms with van der Waals surface area (Å²) in [7, 11) is 0. The normalized spacial score (nSPS) is 24.6. The third-order valence-corrected chi connectivity index (χ3v) is 3.78. The molecule has 17 heavy (non-hydrogen) atoms. The van der Waals surface area contributed by atoms with Gasteiger partial charge in [-0.05, 0) is 31.4 Å². The summed E-state index contributed by atoms with van der Waals surface area (Å²) in [4.78, 5) is 0. The van der Waals surface area contributed by atoms with Crippen molar-refractivity contribution < 1.29 is 5.11 Å². The third kappa shape index (κ3) is 2.72. The maximum Gasteiger partial charge on any atom is 0.0605 e. The summed E-state index contributed by atoms with van der Waals surface area (Å²) in [5.74, 6) is 0.364. The predicted octanol–water partition coefficient (Wildman–Crippen LogP) is 2.54. The predicted molar refractivity (Wildman–Crippen MR) is 72.0 cm³/mol. The molecule has 2 unspecified atom stereocenters. The molecule has 3 nitrogen and oxygen atoms in total. The summed E-state index contributed by atoms with van der Waals surface area (Å²) in [6.07, 6.45) is 4.70. The Labute approximate surface area is 103 Å². The van der Waals surface area contributed by atoms with Gasteiger partial charge in [0.15, 0.2) is 0 Å². The van der Waals surface area contributed by atoms with E-state index in [2.05, 4.69) is 18.3 Å². The fourth-order valence-corrected chi connectivity index (χ4v) is 2.69. The monoisotopic (exact) mass is 234 g/mol. The highest BCUT2D eigenvalue weighted by Gasteiger charge is 2.24. The van der Waals surface area contributed by atoms with Crippen molar-refractivity contribution in [2.24, 2.45) is 5.92 Å². The van der Waals surface area contributed by atoms with E-state index < -0.39 is 0 Å². The maximum absolute atomic E-state index is 9.41. The van der Waals surface area contributed by atoms with Gasteiger partial charge in [-0.15, -0.1) is 0 Å². The maximum atomic E-state index is 9.41. The number of para-hydroxylation sites is 1. The molecule has 3 heteroatoms. The number of nitrogen functional groups attached to an aromatic ring is 1. The number of hydrogen-bond donors (Lipinski definition) is 3. The van der Waals surface area contributed by atoms with Gasteiger partial charge in [0.05, 0.1) is 11.4 Å². The van der Waals surface area contributed by atoms with Gasteiger partial charge < -0.3 is 16.2 Å². The number of benzene rings is 1. The van der Waals surface area contributed by atoms with Crippen LogP contribution in [-0.2, 0) is 0 Å². The van der Waals surface area contributed by atoms with Gasteiger partial charge in [-0.3, -0.25) is 0 Å². The molecule has 1 aliphatic rings. The minimum atomic E-state index is 0.267. The van der Waals surface area contributed by atoms with Gasteiger partial charge in [-0.2, -0.15) is 0 Å². The minimum Gasteiger partial charge on any atom is -0.397 e. The molecule has 2 atom stereocenters. The number of aliphatic hydroxyl groups excluding tert-OH is 1. The summed E-state index contributed by atoms with van der Waals surface area (Å²) >= 11 is 0. The van der Waals surface area contributed by atoms with Crippen LogP contribution in [0.25, 0.3) is 0 Å². The van der Waals surface area contributed by atoms with Crippen LogP contribution in [0.3, 0.4) is 0 Å². The lowest BCUT2D eigenvalue weighted by Gasteiger charge is -2.32. The van der Waals surface area contributed by atoms with Gasteiger partial charge in [0, 0.05) is 18.6 Å². The second-order valence-corrected chi connectivity index (χ2v) is 5.02. The van der Waals surface area contributed by atoms with Crippen molar-refractivity contribution in [3.8, 4) is 0 Å². The van der Waals surface area contributed by atoms with Crippen LogP contribution in [-0.4, -0.2) is 17.8 Å². The molecule has 1 aromatic rings. The number of anilines is 2. The van der Waals surface area contributed by atoms with Crippen molar-refractivity contribution in [2.75, 3.05) is 17.7 Å². The highest BCUT2D eigenvalue weighted by molar-refractivity contribution is 5.70. The Balaban J connectivity index is 2.13. The van der Waals surface area contributed by atoms with Crippen LogP contribution in [0.4, 0.5) is 11.4 Å². The SMILES string of the molecule is Cc1cccc(N)c1NC1CCCCC1CO. The quantitative estimate of drug-likeness (QED) is 0.704. The summed E-state index contributed by atoms with van der Waals surface area (Å²) in [5.41, 5.74) is 9.01. The Morgan fingerprint density at radius 1 is 1.35 bits per heavy atom. The minimum absolute atomic E-state index is 0.267. The molecule has 0 spiro atoms. The number of rotatable bonds is 3. The van der Waals surface area contributed by atoms with Crippen molar-refractivity contribution in [2.45, 2.75) is 38.6 Å². The Bertz CT molecular complexity index is 358. The average Bonchev–Trinajstić information content (AvgIpc) is 2.34. The number of aliphatic hydroxyl groups is 1. The lowest BCUT2D eigenvalue weighted by Crippen LogP contribution is -2.34. The molecule has 4 N–H and O–H groups in total. The highest BCUT2D eigenvalue weighted by atomic mass is 16.3.